The fourth-order valence-corrected chi connectivity index (χ4v) is 2.68. The second-order valence-corrected chi connectivity index (χ2v) is 6.34. The van der Waals surface area contributed by atoms with Crippen LogP contribution >= 0.6 is 0 Å². The summed E-state index contributed by atoms with van der Waals surface area (Å²) < 4.78 is 10.2. The number of hydrogen-bond acceptors (Lipinski definition) is 5. The summed E-state index contributed by atoms with van der Waals surface area (Å²) in [6.07, 6.45) is 0. The van der Waals surface area contributed by atoms with Crippen LogP contribution in [0.1, 0.15) is 41.5 Å². The molecule has 0 aromatic rings. The van der Waals surface area contributed by atoms with E-state index in [0.717, 1.165) is 0 Å². The average molecular weight is 330 g/mol. The monoisotopic (exact) mass is 330 g/mol. The van der Waals surface area contributed by atoms with Gasteiger partial charge in [0.2, 0.25) is 5.91 Å². The van der Waals surface area contributed by atoms with Crippen LogP contribution in [-0.2, 0) is 19.1 Å². The van der Waals surface area contributed by atoms with Gasteiger partial charge in [-0.2, -0.15) is 0 Å². The van der Waals surface area contributed by atoms with Gasteiger partial charge in [0.25, 0.3) is 0 Å². The minimum atomic E-state index is -0.277. The van der Waals surface area contributed by atoms with E-state index in [0.29, 0.717) is 26.3 Å². The Morgan fingerprint density at radius 1 is 1.04 bits per heavy atom. The summed E-state index contributed by atoms with van der Waals surface area (Å²) in [6.45, 7) is 14.4. The summed E-state index contributed by atoms with van der Waals surface area (Å²) in [5, 5.41) is 0. The number of carbonyl (C=O) groups is 2. The van der Waals surface area contributed by atoms with Crippen molar-refractivity contribution in [3.05, 3.63) is 0 Å². The zero-order valence-corrected chi connectivity index (χ0v) is 15.8. The van der Waals surface area contributed by atoms with Gasteiger partial charge in [-0.1, -0.05) is 6.92 Å². The Morgan fingerprint density at radius 3 is 2.04 bits per heavy atom. The van der Waals surface area contributed by atoms with Crippen molar-refractivity contribution in [2.75, 3.05) is 40.0 Å². The molecular formula is C17H34N2O4. The molecule has 0 aliphatic carbocycles. The van der Waals surface area contributed by atoms with Gasteiger partial charge < -0.3 is 14.4 Å². The van der Waals surface area contributed by atoms with E-state index in [-0.39, 0.29) is 36.4 Å². The Balaban J connectivity index is 4.84. The molecule has 0 aliphatic rings. The molecule has 0 saturated carbocycles. The summed E-state index contributed by atoms with van der Waals surface area (Å²) in [6, 6.07) is 0.295. The van der Waals surface area contributed by atoms with Crippen molar-refractivity contribution < 1.29 is 19.1 Å². The van der Waals surface area contributed by atoms with E-state index >= 15 is 0 Å². The van der Waals surface area contributed by atoms with E-state index in [1.807, 2.05) is 51.3 Å². The van der Waals surface area contributed by atoms with E-state index in [2.05, 4.69) is 0 Å². The van der Waals surface area contributed by atoms with Crippen molar-refractivity contribution >= 4 is 11.9 Å². The minimum absolute atomic E-state index is 0.0727. The molecule has 0 rings (SSSR count). The lowest BCUT2D eigenvalue weighted by atomic mass is 10.1. The van der Waals surface area contributed by atoms with Gasteiger partial charge in [0.05, 0.1) is 26.2 Å². The third kappa shape index (κ3) is 8.32. The second-order valence-electron chi connectivity index (χ2n) is 6.34. The maximum Gasteiger partial charge on any atom is 0.309 e. The highest BCUT2D eigenvalue weighted by atomic mass is 16.5. The van der Waals surface area contributed by atoms with Gasteiger partial charge in [0, 0.05) is 31.8 Å². The van der Waals surface area contributed by atoms with Gasteiger partial charge in [-0.05, 0) is 34.6 Å². The molecule has 0 fully saturated rings. The van der Waals surface area contributed by atoms with E-state index in [9.17, 15) is 9.59 Å². The van der Waals surface area contributed by atoms with Crippen molar-refractivity contribution in [2.24, 2.45) is 5.92 Å². The second kappa shape index (κ2) is 11.4. The Kier molecular flexibility index (Phi) is 10.8. The SMILES string of the molecule is CCOCCN(CC(=O)N(C(C)C)C(C)C)CC(C)C(=O)OC. The van der Waals surface area contributed by atoms with Crippen molar-refractivity contribution in [3.63, 3.8) is 0 Å². The molecule has 0 saturated heterocycles. The molecule has 0 aromatic heterocycles. The molecule has 0 N–H and O–H groups in total. The summed E-state index contributed by atoms with van der Waals surface area (Å²) in [5.74, 6) is -0.465. The van der Waals surface area contributed by atoms with Gasteiger partial charge in [-0.15, -0.1) is 0 Å². The number of nitrogens with zero attached hydrogens (tertiary/aromatic N) is 2. The fourth-order valence-electron chi connectivity index (χ4n) is 2.68. The topological polar surface area (TPSA) is 59.1 Å². The zero-order chi connectivity index (χ0) is 18.0. The molecule has 136 valence electrons. The van der Waals surface area contributed by atoms with Crippen LogP contribution in [0.25, 0.3) is 0 Å². The number of amides is 1. The molecule has 1 atom stereocenters. The highest BCUT2D eigenvalue weighted by molar-refractivity contribution is 5.79. The number of rotatable bonds is 11. The molecule has 0 aliphatic heterocycles. The van der Waals surface area contributed by atoms with Crippen LogP contribution in [0.4, 0.5) is 0 Å². The van der Waals surface area contributed by atoms with Crippen LogP contribution < -0.4 is 0 Å². The van der Waals surface area contributed by atoms with E-state index in [1.54, 1.807) is 0 Å². The van der Waals surface area contributed by atoms with Crippen LogP contribution in [0.5, 0.6) is 0 Å². The Labute approximate surface area is 141 Å². The molecule has 23 heavy (non-hydrogen) atoms. The lowest BCUT2D eigenvalue weighted by Gasteiger charge is -2.33. The molecule has 1 amide bonds. The number of carbonyl (C=O) groups excluding carboxylic acids is 2. The minimum Gasteiger partial charge on any atom is -0.469 e. The molecular weight excluding hydrogens is 296 g/mol. The molecule has 1 unspecified atom stereocenters. The van der Waals surface area contributed by atoms with Gasteiger partial charge in [0.1, 0.15) is 0 Å². The molecule has 6 nitrogen and oxygen atoms in total. The predicted octanol–water partition coefficient (Wildman–Crippen LogP) is 1.78. The lowest BCUT2D eigenvalue weighted by molar-refractivity contribution is -0.146. The fraction of sp³-hybridized carbons (Fsp3) is 0.882. The maximum atomic E-state index is 12.6. The van der Waals surface area contributed by atoms with Crippen LogP contribution in [-0.4, -0.2) is 73.7 Å². The predicted molar refractivity (Wildman–Crippen MR) is 91.2 cm³/mol. The lowest BCUT2D eigenvalue weighted by Crippen LogP contribution is -2.48. The molecule has 0 bridgehead atoms. The summed E-state index contributed by atoms with van der Waals surface area (Å²) >= 11 is 0. The third-order valence-electron chi connectivity index (χ3n) is 3.65. The van der Waals surface area contributed by atoms with Crippen molar-refractivity contribution in [1.29, 1.82) is 0 Å². The summed E-state index contributed by atoms with van der Waals surface area (Å²) in [5.41, 5.74) is 0. The first kappa shape index (κ1) is 21.9. The Morgan fingerprint density at radius 2 is 1.61 bits per heavy atom. The number of ether oxygens (including phenoxy) is 2. The van der Waals surface area contributed by atoms with Crippen LogP contribution in [0.15, 0.2) is 0 Å². The van der Waals surface area contributed by atoms with Crippen molar-refractivity contribution in [1.82, 2.24) is 9.80 Å². The quantitative estimate of drug-likeness (QED) is 0.427. The van der Waals surface area contributed by atoms with Crippen molar-refractivity contribution in [2.45, 2.75) is 53.6 Å². The van der Waals surface area contributed by atoms with Gasteiger partial charge >= 0.3 is 5.97 Å². The molecule has 0 aromatic carbocycles. The van der Waals surface area contributed by atoms with Gasteiger partial charge in [-0.3, -0.25) is 14.5 Å². The number of methoxy groups -OCH3 is 1. The number of esters is 1. The van der Waals surface area contributed by atoms with Gasteiger partial charge in [0.15, 0.2) is 0 Å². The van der Waals surface area contributed by atoms with E-state index in [4.69, 9.17) is 9.47 Å². The summed E-state index contributed by atoms with van der Waals surface area (Å²) in [7, 11) is 1.38. The van der Waals surface area contributed by atoms with Crippen LogP contribution in [0, 0.1) is 5.92 Å². The largest absolute Gasteiger partial charge is 0.469 e. The normalized spacial score (nSPS) is 12.8. The van der Waals surface area contributed by atoms with Crippen molar-refractivity contribution in [3.8, 4) is 0 Å². The molecule has 0 radical (unpaired) electrons. The first-order valence-corrected chi connectivity index (χ1v) is 8.43. The summed E-state index contributed by atoms with van der Waals surface area (Å²) in [4.78, 5) is 28.1. The first-order chi connectivity index (χ1) is 10.7. The highest BCUT2D eigenvalue weighted by Crippen LogP contribution is 2.09. The van der Waals surface area contributed by atoms with E-state index < -0.39 is 0 Å². The molecule has 0 spiro atoms. The van der Waals surface area contributed by atoms with Crippen LogP contribution in [0.3, 0.4) is 0 Å². The first-order valence-electron chi connectivity index (χ1n) is 8.43. The Hall–Kier alpha value is -1.14. The third-order valence-corrected chi connectivity index (χ3v) is 3.65. The van der Waals surface area contributed by atoms with E-state index in [1.165, 1.54) is 7.11 Å². The average Bonchev–Trinajstić information content (AvgIpc) is 2.45. The maximum absolute atomic E-state index is 12.6. The zero-order valence-electron chi connectivity index (χ0n) is 15.8. The standard InChI is InChI=1S/C17H34N2O4/c1-8-23-10-9-18(11-15(6)17(21)22-7)12-16(20)19(13(2)3)14(4)5/h13-15H,8-12H2,1-7H3. The van der Waals surface area contributed by atoms with Gasteiger partial charge in [-0.25, -0.2) is 0 Å². The number of hydrogen-bond donors (Lipinski definition) is 0. The Bertz CT molecular complexity index is 351. The smallest absolute Gasteiger partial charge is 0.309 e. The van der Waals surface area contributed by atoms with Crippen LogP contribution in [0.2, 0.25) is 0 Å². The highest BCUT2D eigenvalue weighted by Gasteiger charge is 2.24. The molecule has 6 heteroatoms. The molecule has 0 heterocycles.